The third kappa shape index (κ3) is 4.89. The number of hydrogen-bond acceptors (Lipinski definition) is 9. The van der Waals surface area contributed by atoms with E-state index >= 15 is 0 Å². The maximum absolute atomic E-state index is 5.77. The molecule has 2 N–H and O–H groups in total. The van der Waals surface area contributed by atoms with Crippen LogP contribution in [0.3, 0.4) is 0 Å². The van der Waals surface area contributed by atoms with Crippen LogP contribution in [0.15, 0.2) is 46.6 Å². The Morgan fingerprint density at radius 2 is 2.03 bits per heavy atom. The molecule has 4 aromatic rings. The number of H-pyrrole nitrogens is 1. The monoisotopic (exact) mass is 425 g/mol. The lowest BCUT2D eigenvalue weighted by Crippen LogP contribution is -2.32. The van der Waals surface area contributed by atoms with Gasteiger partial charge in [0.05, 0.1) is 11.7 Å². The summed E-state index contributed by atoms with van der Waals surface area (Å²) in [6, 6.07) is 9.56. The summed E-state index contributed by atoms with van der Waals surface area (Å²) in [6.45, 7) is 7.36. The summed E-state index contributed by atoms with van der Waals surface area (Å²) in [6.07, 6.45) is 1.41. The zero-order valence-electron chi connectivity index (χ0n) is 17.0. The van der Waals surface area contributed by atoms with Crippen molar-refractivity contribution in [2.45, 2.75) is 40.0 Å². The average Bonchev–Trinajstić information content (AvgIpc) is 3.48. The van der Waals surface area contributed by atoms with E-state index in [0.717, 1.165) is 16.5 Å². The number of para-hydroxylation sites is 1. The highest BCUT2D eigenvalue weighted by Gasteiger charge is 2.31. The molecule has 0 bridgehead atoms. The standard InChI is InChI=1S/C20H23N7O2S/c1-20(2,3)16(19-25-18(27-29-19)17-22-12-23-26-17)21-9-13-11-30-15(24-13)10-28-14-7-5-4-6-8-14/h4-8,11-12,16,21H,9-10H2,1-3H3,(H,22,23,26)/t16-/m1/s1. The van der Waals surface area contributed by atoms with Gasteiger partial charge in [-0.05, 0) is 17.5 Å². The van der Waals surface area contributed by atoms with Crippen LogP contribution >= 0.6 is 11.3 Å². The summed E-state index contributed by atoms with van der Waals surface area (Å²) in [5.74, 6) is 2.18. The largest absolute Gasteiger partial charge is 0.486 e. The molecule has 0 saturated carbocycles. The number of ether oxygens (including phenoxy) is 1. The highest BCUT2D eigenvalue weighted by Crippen LogP contribution is 2.32. The van der Waals surface area contributed by atoms with Crippen LogP contribution in [0.2, 0.25) is 0 Å². The van der Waals surface area contributed by atoms with Crippen molar-refractivity contribution < 1.29 is 9.26 Å². The van der Waals surface area contributed by atoms with Gasteiger partial charge in [0, 0.05) is 11.9 Å². The van der Waals surface area contributed by atoms with Gasteiger partial charge in [-0.2, -0.15) is 10.1 Å². The molecular weight excluding hydrogens is 402 g/mol. The molecule has 1 aromatic carbocycles. The van der Waals surface area contributed by atoms with E-state index in [1.165, 1.54) is 6.33 Å². The van der Waals surface area contributed by atoms with Crippen molar-refractivity contribution in [2.75, 3.05) is 0 Å². The van der Waals surface area contributed by atoms with Gasteiger partial charge in [-0.3, -0.25) is 10.4 Å². The molecule has 0 spiro atoms. The fourth-order valence-corrected chi connectivity index (χ4v) is 3.60. The van der Waals surface area contributed by atoms with Gasteiger partial charge in [0.1, 0.15) is 23.7 Å². The number of hydrogen-bond donors (Lipinski definition) is 2. The number of thiazole rings is 1. The van der Waals surface area contributed by atoms with Gasteiger partial charge < -0.3 is 9.26 Å². The van der Waals surface area contributed by atoms with E-state index in [9.17, 15) is 0 Å². The first-order valence-corrected chi connectivity index (χ1v) is 10.4. The number of aromatic nitrogens is 6. The van der Waals surface area contributed by atoms with E-state index < -0.39 is 0 Å². The van der Waals surface area contributed by atoms with Crippen molar-refractivity contribution in [1.29, 1.82) is 0 Å². The van der Waals surface area contributed by atoms with Gasteiger partial charge in [0.15, 0.2) is 5.82 Å². The Morgan fingerprint density at radius 1 is 1.20 bits per heavy atom. The lowest BCUT2D eigenvalue weighted by Gasteiger charge is -2.28. The molecule has 3 aromatic heterocycles. The highest BCUT2D eigenvalue weighted by atomic mass is 32.1. The molecule has 0 unspecified atom stereocenters. The van der Waals surface area contributed by atoms with Crippen LogP contribution in [-0.4, -0.2) is 30.3 Å². The lowest BCUT2D eigenvalue weighted by atomic mass is 9.86. The molecule has 0 fully saturated rings. The van der Waals surface area contributed by atoms with Crippen LogP contribution in [0.25, 0.3) is 11.6 Å². The highest BCUT2D eigenvalue weighted by molar-refractivity contribution is 7.09. The summed E-state index contributed by atoms with van der Waals surface area (Å²) in [5, 5.41) is 17.0. The van der Waals surface area contributed by atoms with Gasteiger partial charge in [-0.1, -0.05) is 44.1 Å². The van der Waals surface area contributed by atoms with Crippen LogP contribution in [0.5, 0.6) is 5.75 Å². The molecule has 0 aliphatic rings. The maximum Gasteiger partial charge on any atom is 0.244 e. The first-order valence-electron chi connectivity index (χ1n) is 9.53. The van der Waals surface area contributed by atoms with E-state index in [2.05, 4.69) is 56.4 Å². The first kappa shape index (κ1) is 20.2. The number of nitrogens with one attached hydrogen (secondary N) is 2. The maximum atomic E-state index is 5.77. The van der Waals surface area contributed by atoms with E-state index in [-0.39, 0.29) is 11.5 Å². The summed E-state index contributed by atoms with van der Waals surface area (Å²) < 4.78 is 11.3. The molecule has 156 valence electrons. The summed E-state index contributed by atoms with van der Waals surface area (Å²) in [7, 11) is 0. The Morgan fingerprint density at radius 3 is 2.77 bits per heavy atom. The minimum absolute atomic E-state index is 0.152. The molecule has 0 saturated heterocycles. The van der Waals surface area contributed by atoms with Crippen molar-refractivity contribution in [2.24, 2.45) is 5.41 Å². The molecule has 10 heteroatoms. The van der Waals surface area contributed by atoms with Gasteiger partial charge in [-0.25, -0.2) is 9.97 Å². The third-order valence-electron chi connectivity index (χ3n) is 4.37. The normalized spacial score (nSPS) is 12.8. The molecule has 0 aliphatic carbocycles. The predicted molar refractivity (Wildman–Crippen MR) is 112 cm³/mol. The lowest BCUT2D eigenvalue weighted by molar-refractivity contribution is 0.211. The van der Waals surface area contributed by atoms with Crippen LogP contribution in [-0.2, 0) is 13.2 Å². The molecular formula is C20H23N7O2S. The fraction of sp³-hybridized carbons (Fsp3) is 0.350. The van der Waals surface area contributed by atoms with Gasteiger partial charge in [0.25, 0.3) is 0 Å². The fourth-order valence-electron chi connectivity index (χ4n) is 2.89. The summed E-state index contributed by atoms with van der Waals surface area (Å²) >= 11 is 1.58. The molecule has 30 heavy (non-hydrogen) atoms. The minimum atomic E-state index is -0.160. The van der Waals surface area contributed by atoms with Crippen molar-refractivity contribution >= 4 is 11.3 Å². The number of aromatic amines is 1. The molecule has 0 aliphatic heterocycles. The Kier molecular flexibility index (Phi) is 5.86. The van der Waals surface area contributed by atoms with Crippen LogP contribution in [0.4, 0.5) is 0 Å². The van der Waals surface area contributed by atoms with Crippen LogP contribution < -0.4 is 10.1 Å². The van der Waals surface area contributed by atoms with Gasteiger partial charge in [-0.15, -0.1) is 11.3 Å². The molecule has 1 atom stereocenters. The number of benzene rings is 1. The third-order valence-corrected chi connectivity index (χ3v) is 5.24. The Labute approximate surface area is 177 Å². The van der Waals surface area contributed by atoms with Crippen LogP contribution in [0.1, 0.15) is 43.4 Å². The number of nitrogens with zero attached hydrogens (tertiary/aromatic N) is 5. The zero-order chi connectivity index (χ0) is 21.0. The summed E-state index contributed by atoms with van der Waals surface area (Å²) in [5.41, 5.74) is 0.788. The minimum Gasteiger partial charge on any atom is -0.486 e. The second-order valence-electron chi connectivity index (χ2n) is 7.80. The van der Waals surface area contributed by atoms with Gasteiger partial charge in [0.2, 0.25) is 11.7 Å². The molecule has 9 nitrogen and oxygen atoms in total. The van der Waals surface area contributed by atoms with E-state index in [1.807, 2.05) is 35.7 Å². The van der Waals surface area contributed by atoms with E-state index in [4.69, 9.17) is 9.26 Å². The average molecular weight is 426 g/mol. The van der Waals surface area contributed by atoms with Crippen LogP contribution in [0, 0.1) is 5.41 Å². The Bertz CT molecular complexity index is 1050. The predicted octanol–water partition coefficient (Wildman–Crippen LogP) is 3.77. The first-order chi connectivity index (χ1) is 14.5. The smallest absolute Gasteiger partial charge is 0.244 e. The molecule has 4 rings (SSSR count). The molecule has 3 heterocycles. The van der Waals surface area contributed by atoms with Crippen molar-refractivity contribution in [3.05, 3.63) is 58.6 Å². The van der Waals surface area contributed by atoms with Crippen molar-refractivity contribution in [1.82, 2.24) is 35.6 Å². The van der Waals surface area contributed by atoms with Crippen molar-refractivity contribution in [3.63, 3.8) is 0 Å². The SMILES string of the molecule is CC(C)(C)[C@H](NCc1csc(COc2ccccc2)n1)c1nc(-c2ncn[nH]2)no1. The topological polar surface area (TPSA) is 115 Å². The van der Waals surface area contributed by atoms with E-state index in [1.54, 1.807) is 11.3 Å². The Balaban J connectivity index is 1.39. The number of rotatable bonds is 8. The second kappa shape index (κ2) is 8.72. The second-order valence-corrected chi connectivity index (χ2v) is 8.75. The summed E-state index contributed by atoms with van der Waals surface area (Å²) in [4.78, 5) is 13.2. The quantitative estimate of drug-likeness (QED) is 0.438. The zero-order valence-corrected chi connectivity index (χ0v) is 17.8. The Hall–Kier alpha value is -3.11. The van der Waals surface area contributed by atoms with Gasteiger partial charge >= 0.3 is 0 Å². The van der Waals surface area contributed by atoms with E-state index in [0.29, 0.717) is 30.7 Å². The molecule has 0 amide bonds. The van der Waals surface area contributed by atoms with Crippen molar-refractivity contribution in [3.8, 4) is 17.4 Å². The molecule has 0 radical (unpaired) electrons.